The van der Waals surface area contributed by atoms with E-state index in [4.69, 9.17) is 0 Å². The minimum atomic E-state index is -3.69. The van der Waals surface area contributed by atoms with E-state index in [2.05, 4.69) is 10.0 Å². The molecule has 4 rings (SSSR count). The summed E-state index contributed by atoms with van der Waals surface area (Å²) in [6.07, 6.45) is 2.08. The van der Waals surface area contributed by atoms with Crippen molar-refractivity contribution in [3.05, 3.63) is 95.6 Å². The van der Waals surface area contributed by atoms with E-state index in [1.165, 1.54) is 12.1 Å². The van der Waals surface area contributed by atoms with Crippen LogP contribution in [0.1, 0.15) is 39.1 Å². The summed E-state index contributed by atoms with van der Waals surface area (Å²) in [4.78, 5) is 26.6. The number of hydrogen-bond acceptors (Lipinski definition) is 4. The monoisotopic (exact) mass is 463 g/mol. The molecular weight excluding hydrogens is 438 g/mol. The van der Waals surface area contributed by atoms with Crippen molar-refractivity contribution >= 4 is 27.5 Å². The zero-order valence-corrected chi connectivity index (χ0v) is 19.0. The van der Waals surface area contributed by atoms with Gasteiger partial charge in [0.25, 0.3) is 21.8 Å². The van der Waals surface area contributed by atoms with Crippen LogP contribution in [-0.2, 0) is 16.6 Å². The van der Waals surface area contributed by atoms with Gasteiger partial charge in [0.1, 0.15) is 0 Å². The van der Waals surface area contributed by atoms with Gasteiger partial charge in [-0.05, 0) is 66.9 Å². The molecule has 0 aromatic heterocycles. The van der Waals surface area contributed by atoms with Gasteiger partial charge in [0.2, 0.25) is 0 Å². The van der Waals surface area contributed by atoms with E-state index in [0.29, 0.717) is 29.4 Å². The molecule has 0 atom stereocenters. The Morgan fingerprint density at radius 1 is 0.879 bits per heavy atom. The van der Waals surface area contributed by atoms with Gasteiger partial charge in [-0.3, -0.25) is 14.3 Å². The lowest BCUT2D eigenvalue weighted by molar-refractivity contribution is 0.0784. The van der Waals surface area contributed by atoms with Crippen molar-refractivity contribution in [1.29, 1.82) is 0 Å². The predicted octanol–water partition coefficient (Wildman–Crippen LogP) is 3.65. The largest absolute Gasteiger partial charge is 0.349 e. The van der Waals surface area contributed by atoms with Gasteiger partial charge < -0.3 is 10.2 Å². The Morgan fingerprint density at radius 2 is 1.48 bits per heavy atom. The second-order valence-electron chi connectivity index (χ2n) is 8.10. The standard InChI is InChI=1S/C25H25N3O4S/c1-28(17-18-7-9-19(10-8-18)24(29)26-21-15-16-21)25(30)20-11-13-22(14-12-20)27-33(31,32)23-5-3-2-4-6-23/h2-14,21,27H,15-17H2,1H3,(H,26,29). The molecular formula is C25H25N3O4S. The van der Waals surface area contributed by atoms with Gasteiger partial charge in [-0.15, -0.1) is 0 Å². The smallest absolute Gasteiger partial charge is 0.261 e. The number of nitrogens with zero attached hydrogens (tertiary/aromatic N) is 1. The van der Waals surface area contributed by atoms with Crippen molar-refractivity contribution in [2.24, 2.45) is 0 Å². The van der Waals surface area contributed by atoms with Gasteiger partial charge in [-0.25, -0.2) is 8.42 Å². The third-order valence-corrected chi connectivity index (χ3v) is 6.73. The quantitative estimate of drug-likeness (QED) is 0.533. The molecule has 1 aliphatic rings. The number of amides is 2. The molecule has 2 amide bonds. The van der Waals surface area contributed by atoms with E-state index >= 15 is 0 Å². The lowest BCUT2D eigenvalue weighted by Gasteiger charge is -2.18. The van der Waals surface area contributed by atoms with Crippen molar-refractivity contribution in [1.82, 2.24) is 10.2 Å². The summed E-state index contributed by atoms with van der Waals surface area (Å²) in [6.45, 7) is 0.381. The van der Waals surface area contributed by atoms with Crippen molar-refractivity contribution in [3.8, 4) is 0 Å². The maximum Gasteiger partial charge on any atom is 0.261 e. The zero-order valence-electron chi connectivity index (χ0n) is 18.2. The van der Waals surface area contributed by atoms with Gasteiger partial charge in [0, 0.05) is 36.4 Å². The number of anilines is 1. The average Bonchev–Trinajstić information content (AvgIpc) is 3.64. The molecule has 0 aliphatic heterocycles. The number of carbonyl (C=O) groups is 2. The molecule has 7 nitrogen and oxygen atoms in total. The number of nitrogens with one attached hydrogen (secondary N) is 2. The first kappa shape index (κ1) is 22.5. The highest BCUT2D eigenvalue weighted by atomic mass is 32.2. The van der Waals surface area contributed by atoms with Crippen LogP contribution >= 0.6 is 0 Å². The third-order valence-electron chi connectivity index (χ3n) is 5.33. The first-order valence-corrected chi connectivity index (χ1v) is 12.1. The van der Waals surface area contributed by atoms with E-state index < -0.39 is 10.0 Å². The summed E-state index contributed by atoms with van der Waals surface area (Å²) in [6, 6.07) is 21.9. The van der Waals surface area contributed by atoms with Gasteiger partial charge >= 0.3 is 0 Å². The van der Waals surface area contributed by atoms with Crippen molar-refractivity contribution in [3.63, 3.8) is 0 Å². The highest BCUT2D eigenvalue weighted by molar-refractivity contribution is 7.92. The summed E-state index contributed by atoms with van der Waals surface area (Å²) in [7, 11) is -1.99. The fourth-order valence-electron chi connectivity index (χ4n) is 3.32. The van der Waals surface area contributed by atoms with E-state index in [0.717, 1.165) is 18.4 Å². The molecule has 1 fully saturated rings. The lowest BCUT2D eigenvalue weighted by atomic mass is 10.1. The predicted molar refractivity (Wildman–Crippen MR) is 126 cm³/mol. The molecule has 0 spiro atoms. The summed E-state index contributed by atoms with van der Waals surface area (Å²) in [5.41, 5.74) is 2.33. The minimum Gasteiger partial charge on any atom is -0.349 e. The van der Waals surface area contributed by atoms with Crippen molar-refractivity contribution in [2.45, 2.75) is 30.3 Å². The molecule has 2 N–H and O–H groups in total. The second kappa shape index (κ2) is 9.46. The Hall–Kier alpha value is -3.65. The first-order chi connectivity index (χ1) is 15.8. The van der Waals surface area contributed by atoms with Crippen LogP contribution < -0.4 is 10.0 Å². The molecule has 1 saturated carbocycles. The molecule has 0 radical (unpaired) electrons. The summed E-state index contributed by atoms with van der Waals surface area (Å²) >= 11 is 0. The van der Waals surface area contributed by atoms with E-state index in [1.54, 1.807) is 66.5 Å². The lowest BCUT2D eigenvalue weighted by Crippen LogP contribution is -2.27. The summed E-state index contributed by atoms with van der Waals surface area (Å²) < 4.78 is 27.4. The second-order valence-corrected chi connectivity index (χ2v) is 9.78. The molecule has 0 unspecified atom stereocenters. The van der Waals surface area contributed by atoms with Crippen LogP contribution in [0.2, 0.25) is 0 Å². The maximum atomic E-state index is 12.8. The molecule has 8 heteroatoms. The molecule has 3 aromatic carbocycles. The third kappa shape index (κ3) is 5.78. The van der Waals surface area contributed by atoms with Gasteiger partial charge in [0.15, 0.2) is 0 Å². The van der Waals surface area contributed by atoms with Crippen LogP contribution in [0.3, 0.4) is 0 Å². The first-order valence-electron chi connectivity index (χ1n) is 10.6. The van der Waals surface area contributed by atoms with Crippen LogP contribution in [0.15, 0.2) is 83.8 Å². The fraction of sp³-hybridized carbons (Fsp3) is 0.200. The molecule has 33 heavy (non-hydrogen) atoms. The van der Waals surface area contributed by atoms with Crippen LogP contribution in [0.25, 0.3) is 0 Å². The number of hydrogen-bond donors (Lipinski definition) is 2. The molecule has 0 saturated heterocycles. The summed E-state index contributed by atoms with van der Waals surface area (Å²) in [5, 5.41) is 2.95. The highest BCUT2D eigenvalue weighted by Crippen LogP contribution is 2.20. The number of carbonyl (C=O) groups excluding carboxylic acids is 2. The SMILES string of the molecule is CN(Cc1ccc(C(=O)NC2CC2)cc1)C(=O)c1ccc(NS(=O)(=O)c2ccccc2)cc1. The van der Waals surface area contributed by atoms with Crippen LogP contribution in [0.5, 0.6) is 0 Å². The Kier molecular flexibility index (Phi) is 6.46. The average molecular weight is 464 g/mol. The Labute approximate surface area is 193 Å². The Balaban J connectivity index is 1.36. The van der Waals surface area contributed by atoms with Gasteiger partial charge in [-0.2, -0.15) is 0 Å². The van der Waals surface area contributed by atoms with Crippen molar-refractivity contribution in [2.75, 3.05) is 11.8 Å². The van der Waals surface area contributed by atoms with E-state index in [9.17, 15) is 18.0 Å². The molecule has 0 heterocycles. The normalized spacial score (nSPS) is 13.2. The number of benzene rings is 3. The van der Waals surface area contributed by atoms with Gasteiger partial charge in [-0.1, -0.05) is 30.3 Å². The molecule has 170 valence electrons. The molecule has 3 aromatic rings. The highest BCUT2D eigenvalue weighted by Gasteiger charge is 2.23. The van der Waals surface area contributed by atoms with Crippen LogP contribution in [-0.4, -0.2) is 38.2 Å². The van der Waals surface area contributed by atoms with Gasteiger partial charge in [0.05, 0.1) is 4.90 Å². The van der Waals surface area contributed by atoms with Crippen molar-refractivity contribution < 1.29 is 18.0 Å². The maximum absolute atomic E-state index is 12.8. The molecule has 0 bridgehead atoms. The van der Waals surface area contributed by atoms with Crippen LogP contribution in [0.4, 0.5) is 5.69 Å². The topological polar surface area (TPSA) is 95.6 Å². The number of sulfonamides is 1. The van der Waals surface area contributed by atoms with E-state index in [-0.39, 0.29) is 16.7 Å². The van der Waals surface area contributed by atoms with Crippen LogP contribution in [0, 0.1) is 0 Å². The summed E-state index contributed by atoms with van der Waals surface area (Å²) in [5.74, 6) is -0.264. The minimum absolute atomic E-state index is 0.0727. The molecule has 1 aliphatic carbocycles. The zero-order chi connectivity index (χ0) is 23.4. The Bertz CT molecular complexity index is 1240. The van der Waals surface area contributed by atoms with E-state index in [1.807, 2.05) is 12.1 Å². The fourth-order valence-corrected chi connectivity index (χ4v) is 4.40. The number of rotatable bonds is 8. The Morgan fingerprint density at radius 3 is 2.09 bits per heavy atom.